The molecule has 0 rings (SSSR count). The molecule has 0 bridgehead atoms. The number of amides is 1. The van der Waals surface area contributed by atoms with Crippen molar-refractivity contribution in [2.24, 2.45) is 11.5 Å². The Bertz CT molecular complexity index is 227. The Morgan fingerprint density at radius 2 is 2.12 bits per heavy atom. The Hall–Kier alpha value is -0.590. The first kappa shape index (κ1) is 16.4. The van der Waals surface area contributed by atoms with E-state index < -0.39 is 12.1 Å². The summed E-state index contributed by atoms with van der Waals surface area (Å²) in [7, 11) is 0. The highest BCUT2D eigenvalue weighted by Gasteiger charge is 2.16. The Labute approximate surface area is 107 Å². The monoisotopic (exact) mass is 261 g/mol. The maximum Gasteiger partial charge on any atom is 0.237 e. The van der Waals surface area contributed by atoms with E-state index in [-0.39, 0.29) is 5.91 Å². The fraction of sp³-hybridized carbons (Fsp3) is 0.818. The second-order valence-corrected chi connectivity index (χ2v) is 4.91. The van der Waals surface area contributed by atoms with Crippen molar-refractivity contribution < 1.29 is 9.59 Å². The molecule has 100 valence electrons. The minimum Gasteiger partial charge on any atom is -0.345 e. The fourth-order valence-corrected chi connectivity index (χ4v) is 1.84. The first-order valence-electron chi connectivity index (χ1n) is 5.86. The summed E-state index contributed by atoms with van der Waals surface area (Å²) in [6.45, 7) is 0.604. The van der Waals surface area contributed by atoms with Crippen molar-refractivity contribution >= 4 is 24.0 Å². The third-order valence-corrected chi connectivity index (χ3v) is 3.07. The summed E-state index contributed by atoms with van der Waals surface area (Å²) < 4.78 is 0. The minimum atomic E-state index is -0.528. The molecule has 0 aliphatic rings. The van der Waals surface area contributed by atoms with Gasteiger partial charge in [-0.1, -0.05) is 0 Å². The molecule has 2 atom stereocenters. The van der Waals surface area contributed by atoms with Crippen molar-refractivity contribution in [3.05, 3.63) is 0 Å². The van der Waals surface area contributed by atoms with Crippen LogP contribution in [0.15, 0.2) is 0 Å². The van der Waals surface area contributed by atoms with Crippen LogP contribution in [0.4, 0.5) is 0 Å². The zero-order valence-corrected chi connectivity index (χ0v) is 11.2. The van der Waals surface area contributed by atoms with E-state index in [2.05, 4.69) is 5.32 Å². The number of rotatable bonds is 10. The van der Waals surface area contributed by atoms with E-state index in [0.717, 1.165) is 24.9 Å². The molecule has 17 heavy (non-hydrogen) atoms. The summed E-state index contributed by atoms with van der Waals surface area (Å²) in [6, 6.07) is -0.964. The van der Waals surface area contributed by atoms with E-state index in [4.69, 9.17) is 11.5 Å². The Kier molecular flexibility index (Phi) is 10.2. The number of thioether (sulfide) groups is 1. The van der Waals surface area contributed by atoms with Crippen LogP contribution in [0.25, 0.3) is 0 Å². The number of carbonyl (C=O) groups is 2. The van der Waals surface area contributed by atoms with Gasteiger partial charge in [-0.05, 0) is 44.2 Å². The van der Waals surface area contributed by atoms with Crippen LogP contribution in [-0.4, -0.2) is 42.8 Å². The number of hydrogen-bond donors (Lipinski definition) is 3. The van der Waals surface area contributed by atoms with E-state index in [1.807, 2.05) is 6.26 Å². The zero-order chi connectivity index (χ0) is 13.1. The van der Waals surface area contributed by atoms with Gasteiger partial charge in [0.1, 0.15) is 6.29 Å². The molecule has 1 amide bonds. The molecule has 0 radical (unpaired) electrons. The summed E-state index contributed by atoms with van der Waals surface area (Å²) in [5, 5.41) is 2.65. The molecule has 5 nitrogen and oxygen atoms in total. The minimum absolute atomic E-state index is 0.246. The van der Waals surface area contributed by atoms with Gasteiger partial charge >= 0.3 is 0 Å². The van der Waals surface area contributed by atoms with Crippen molar-refractivity contribution in [2.45, 2.75) is 37.8 Å². The number of aldehydes is 1. The van der Waals surface area contributed by atoms with Gasteiger partial charge in [-0.2, -0.15) is 11.8 Å². The average molecular weight is 261 g/mol. The van der Waals surface area contributed by atoms with Crippen LogP contribution in [0.2, 0.25) is 0 Å². The summed E-state index contributed by atoms with van der Waals surface area (Å²) in [5.74, 6) is 0.594. The molecule has 0 aromatic rings. The van der Waals surface area contributed by atoms with Crippen LogP contribution in [0.5, 0.6) is 0 Å². The standard InChI is InChI=1S/C11H23N3O2S/c1-17-7-5-10(13)11(16)14-9(8-15)4-2-3-6-12/h8-10H,2-7,12-13H2,1H3,(H,14,16). The summed E-state index contributed by atoms with van der Waals surface area (Å²) in [4.78, 5) is 22.4. The van der Waals surface area contributed by atoms with Crippen LogP contribution >= 0.6 is 11.8 Å². The molecule has 0 aromatic carbocycles. The van der Waals surface area contributed by atoms with Crippen molar-refractivity contribution in [1.82, 2.24) is 5.32 Å². The van der Waals surface area contributed by atoms with Gasteiger partial charge in [0.05, 0.1) is 12.1 Å². The molecular weight excluding hydrogens is 238 g/mol. The van der Waals surface area contributed by atoms with Crippen molar-refractivity contribution in [3.63, 3.8) is 0 Å². The zero-order valence-electron chi connectivity index (χ0n) is 10.4. The van der Waals surface area contributed by atoms with Gasteiger partial charge in [0.25, 0.3) is 0 Å². The Balaban J connectivity index is 3.91. The van der Waals surface area contributed by atoms with Crippen molar-refractivity contribution in [2.75, 3.05) is 18.6 Å². The Morgan fingerprint density at radius 1 is 1.41 bits per heavy atom. The molecule has 5 N–H and O–H groups in total. The second kappa shape index (κ2) is 10.6. The average Bonchev–Trinajstić information content (AvgIpc) is 2.34. The van der Waals surface area contributed by atoms with Gasteiger partial charge in [0.2, 0.25) is 5.91 Å². The fourth-order valence-electron chi connectivity index (χ4n) is 1.35. The topological polar surface area (TPSA) is 98.2 Å². The summed E-state index contributed by atoms with van der Waals surface area (Å²) in [6.07, 6.45) is 5.67. The highest BCUT2D eigenvalue weighted by Crippen LogP contribution is 2.01. The predicted octanol–water partition coefficient (Wildman–Crippen LogP) is -0.120. The van der Waals surface area contributed by atoms with Gasteiger partial charge in [-0.3, -0.25) is 4.79 Å². The molecule has 2 unspecified atom stereocenters. The summed E-state index contributed by atoms with van der Waals surface area (Å²) in [5.41, 5.74) is 11.1. The van der Waals surface area contributed by atoms with Gasteiger partial charge in [-0.15, -0.1) is 0 Å². The molecule has 0 fully saturated rings. The predicted molar refractivity (Wildman–Crippen MR) is 71.9 cm³/mol. The molecule has 0 aliphatic heterocycles. The van der Waals surface area contributed by atoms with E-state index in [1.165, 1.54) is 0 Å². The lowest BCUT2D eigenvalue weighted by atomic mass is 10.1. The largest absolute Gasteiger partial charge is 0.345 e. The van der Waals surface area contributed by atoms with Gasteiger partial charge in [0, 0.05) is 0 Å². The quantitative estimate of drug-likeness (QED) is 0.376. The molecule has 0 aliphatic carbocycles. The lowest BCUT2D eigenvalue weighted by Gasteiger charge is -2.16. The van der Waals surface area contributed by atoms with Gasteiger partial charge < -0.3 is 21.6 Å². The van der Waals surface area contributed by atoms with E-state index in [0.29, 0.717) is 19.4 Å². The lowest BCUT2D eigenvalue weighted by molar-refractivity contribution is -0.125. The maximum atomic E-state index is 11.6. The van der Waals surface area contributed by atoms with Crippen LogP contribution in [0.3, 0.4) is 0 Å². The van der Waals surface area contributed by atoms with Crippen molar-refractivity contribution in [3.8, 4) is 0 Å². The molecule has 6 heteroatoms. The van der Waals surface area contributed by atoms with Crippen molar-refractivity contribution in [1.29, 1.82) is 0 Å². The third kappa shape index (κ3) is 8.18. The van der Waals surface area contributed by atoms with E-state index in [1.54, 1.807) is 11.8 Å². The van der Waals surface area contributed by atoms with Crippen LogP contribution < -0.4 is 16.8 Å². The first-order valence-corrected chi connectivity index (χ1v) is 7.25. The normalized spacial score (nSPS) is 14.1. The van der Waals surface area contributed by atoms with Crippen LogP contribution in [0, 0.1) is 0 Å². The first-order chi connectivity index (χ1) is 8.15. The molecular formula is C11H23N3O2S. The molecule has 0 aromatic heterocycles. The van der Waals surface area contributed by atoms with E-state index >= 15 is 0 Å². The molecule has 0 spiro atoms. The number of carbonyl (C=O) groups excluding carboxylic acids is 2. The molecule has 0 saturated heterocycles. The van der Waals surface area contributed by atoms with Crippen LogP contribution in [0.1, 0.15) is 25.7 Å². The number of nitrogens with two attached hydrogens (primary N) is 2. The summed E-state index contributed by atoms with van der Waals surface area (Å²) >= 11 is 1.65. The third-order valence-electron chi connectivity index (χ3n) is 2.43. The maximum absolute atomic E-state index is 11.6. The highest BCUT2D eigenvalue weighted by molar-refractivity contribution is 7.98. The lowest BCUT2D eigenvalue weighted by Crippen LogP contribution is -2.46. The molecule has 0 saturated carbocycles. The SMILES string of the molecule is CSCCC(N)C(=O)NC(C=O)CCCCN. The van der Waals surface area contributed by atoms with E-state index in [9.17, 15) is 9.59 Å². The van der Waals surface area contributed by atoms with Crippen LogP contribution in [-0.2, 0) is 9.59 Å². The van der Waals surface area contributed by atoms with Gasteiger partial charge in [-0.25, -0.2) is 0 Å². The Morgan fingerprint density at radius 3 is 2.65 bits per heavy atom. The highest BCUT2D eigenvalue weighted by atomic mass is 32.2. The molecule has 0 heterocycles. The second-order valence-electron chi connectivity index (χ2n) is 3.92. The number of unbranched alkanes of at least 4 members (excludes halogenated alkanes) is 1. The smallest absolute Gasteiger partial charge is 0.237 e. The number of nitrogens with one attached hydrogen (secondary N) is 1. The number of hydrogen-bond acceptors (Lipinski definition) is 5. The van der Waals surface area contributed by atoms with Gasteiger partial charge in [0.15, 0.2) is 0 Å².